The Labute approximate surface area is 219 Å². The summed E-state index contributed by atoms with van der Waals surface area (Å²) >= 11 is 1.12. The topological polar surface area (TPSA) is 77.8 Å². The van der Waals surface area contributed by atoms with Gasteiger partial charge in [0, 0.05) is 29.0 Å². The molecule has 0 fully saturated rings. The number of carbonyl (C=O) groups is 1. The maximum atomic E-state index is 13.5. The lowest BCUT2D eigenvalue weighted by Gasteiger charge is -2.18. The number of benzene rings is 3. The van der Waals surface area contributed by atoms with Crippen LogP contribution in [0.2, 0.25) is 0 Å². The number of para-hydroxylation sites is 1. The first-order valence-electron chi connectivity index (χ1n) is 11.5. The van der Waals surface area contributed by atoms with Crippen molar-refractivity contribution in [2.75, 3.05) is 5.75 Å². The second kappa shape index (κ2) is 10.3. The lowest BCUT2D eigenvalue weighted by molar-refractivity contribution is -0.140. The molecule has 1 aromatic heterocycles. The molecule has 3 aromatic carbocycles. The predicted octanol–water partition coefficient (Wildman–Crippen LogP) is 6.64. The molecule has 194 valence electrons. The highest BCUT2D eigenvalue weighted by Crippen LogP contribution is 2.42. The van der Waals surface area contributed by atoms with Crippen molar-refractivity contribution in [3.8, 4) is 28.4 Å². The molecule has 10 heteroatoms. The van der Waals surface area contributed by atoms with E-state index in [2.05, 4.69) is 0 Å². The van der Waals surface area contributed by atoms with Gasteiger partial charge in [0.05, 0.1) is 10.6 Å². The Kier molecular flexibility index (Phi) is 6.90. The van der Waals surface area contributed by atoms with Gasteiger partial charge in [0.1, 0.15) is 29.9 Å². The number of alkyl halides is 3. The molecule has 1 atom stereocenters. The van der Waals surface area contributed by atoms with Gasteiger partial charge in [-0.05, 0) is 42.0 Å². The highest BCUT2D eigenvalue weighted by atomic mass is 32.2. The predicted molar refractivity (Wildman–Crippen MR) is 136 cm³/mol. The largest absolute Gasteiger partial charge is 0.489 e. The minimum Gasteiger partial charge on any atom is -0.489 e. The molecule has 1 unspecified atom stereocenters. The first kappa shape index (κ1) is 25.5. The van der Waals surface area contributed by atoms with Gasteiger partial charge in [-0.15, -0.1) is 11.8 Å². The Morgan fingerprint density at radius 2 is 1.66 bits per heavy atom. The van der Waals surface area contributed by atoms with Crippen LogP contribution in [-0.4, -0.2) is 21.4 Å². The maximum Gasteiger partial charge on any atom is 0.416 e. The van der Waals surface area contributed by atoms with Gasteiger partial charge in [-0.25, -0.2) is 4.79 Å². The number of pyridine rings is 1. The average Bonchev–Trinajstić information content (AvgIpc) is 3.34. The van der Waals surface area contributed by atoms with Crippen molar-refractivity contribution in [3.63, 3.8) is 0 Å². The molecule has 2 heterocycles. The molecule has 0 saturated heterocycles. The summed E-state index contributed by atoms with van der Waals surface area (Å²) in [5.74, 6) is 0.464. The Bertz CT molecular complexity index is 1550. The number of aliphatic carboxylic acids is 1. The van der Waals surface area contributed by atoms with Gasteiger partial charge < -0.3 is 14.6 Å². The summed E-state index contributed by atoms with van der Waals surface area (Å²) < 4.78 is 53.3. The van der Waals surface area contributed by atoms with Gasteiger partial charge in [0.25, 0.3) is 5.56 Å². The molecule has 5 rings (SSSR count). The minimum absolute atomic E-state index is 0.0831. The van der Waals surface area contributed by atoms with Crippen LogP contribution in [0, 0.1) is 0 Å². The third kappa shape index (κ3) is 5.26. The molecular formula is C28H20F3NO5S. The third-order valence-corrected chi connectivity index (χ3v) is 7.08. The molecular weight excluding hydrogens is 519 g/mol. The molecule has 38 heavy (non-hydrogen) atoms. The van der Waals surface area contributed by atoms with E-state index >= 15 is 0 Å². The molecule has 0 radical (unpaired) electrons. The summed E-state index contributed by atoms with van der Waals surface area (Å²) in [7, 11) is 0. The lowest BCUT2D eigenvalue weighted by Crippen LogP contribution is -2.29. The van der Waals surface area contributed by atoms with Crippen LogP contribution in [0.5, 0.6) is 17.2 Å². The molecule has 0 bridgehead atoms. The zero-order chi connectivity index (χ0) is 26.9. The Morgan fingerprint density at radius 3 is 2.39 bits per heavy atom. The Morgan fingerprint density at radius 1 is 0.947 bits per heavy atom. The number of carboxylic acids is 1. The van der Waals surface area contributed by atoms with Gasteiger partial charge in [-0.1, -0.05) is 36.4 Å². The van der Waals surface area contributed by atoms with Crippen LogP contribution >= 0.6 is 11.8 Å². The first-order valence-corrected chi connectivity index (χ1v) is 12.5. The van der Waals surface area contributed by atoms with Crippen LogP contribution in [-0.2, 0) is 17.6 Å². The van der Waals surface area contributed by atoms with E-state index in [1.807, 2.05) is 18.2 Å². The number of nitrogens with zero attached hydrogens (tertiary/aromatic N) is 1. The van der Waals surface area contributed by atoms with Gasteiger partial charge in [-0.3, -0.25) is 9.36 Å². The molecule has 4 aromatic rings. The maximum absolute atomic E-state index is 13.5. The average molecular weight is 540 g/mol. The fourth-order valence-corrected chi connectivity index (χ4v) is 5.54. The fourth-order valence-electron chi connectivity index (χ4n) is 4.19. The van der Waals surface area contributed by atoms with Gasteiger partial charge in [0.2, 0.25) is 0 Å². The summed E-state index contributed by atoms with van der Waals surface area (Å²) in [4.78, 5) is 24.7. The van der Waals surface area contributed by atoms with Crippen molar-refractivity contribution >= 4 is 17.7 Å². The van der Waals surface area contributed by atoms with E-state index in [-0.39, 0.29) is 17.9 Å². The van der Waals surface area contributed by atoms with Crippen LogP contribution < -0.4 is 15.0 Å². The van der Waals surface area contributed by atoms with Crippen LogP contribution in [0.3, 0.4) is 0 Å². The monoisotopic (exact) mass is 539 g/mol. The number of hydrogen-bond acceptors (Lipinski definition) is 5. The van der Waals surface area contributed by atoms with Crippen LogP contribution in [0.25, 0.3) is 11.1 Å². The Hall–Kier alpha value is -4.18. The number of aromatic nitrogens is 1. The second-order valence-electron chi connectivity index (χ2n) is 8.48. The van der Waals surface area contributed by atoms with E-state index in [1.54, 1.807) is 36.4 Å². The van der Waals surface area contributed by atoms with Gasteiger partial charge in [0.15, 0.2) is 0 Å². The molecule has 0 amide bonds. The van der Waals surface area contributed by atoms with E-state index in [4.69, 9.17) is 9.47 Å². The van der Waals surface area contributed by atoms with Crippen molar-refractivity contribution in [3.05, 3.63) is 106 Å². The standard InChI is InChI=1S/C28H20F3NO5S/c29-28(30,31)19-7-4-6-17(12-19)25-18(13-24(33)32-23(27(34)35)16-38-26(25)32)15-36-21-10-5-11-22(14-21)37-20-8-2-1-3-9-20/h1-14,23H,15-16H2,(H,34,35). The smallest absolute Gasteiger partial charge is 0.416 e. The molecule has 1 aliphatic rings. The first-order chi connectivity index (χ1) is 18.2. The lowest BCUT2D eigenvalue weighted by atomic mass is 9.99. The van der Waals surface area contributed by atoms with E-state index < -0.39 is 29.3 Å². The van der Waals surface area contributed by atoms with E-state index in [0.717, 1.165) is 28.5 Å². The molecule has 0 aliphatic carbocycles. The van der Waals surface area contributed by atoms with E-state index in [9.17, 15) is 27.9 Å². The number of rotatable bonds is 7. The zero-order valence-electron chi connectivity index (χ0n) is 19.6. The molecule has 1 N–H and O–H groups in total. The molecule has 0 spiro atoms. The number of fused-ring (bicyclic) bond motifs is 1. The van der Waals surface area contributed by atoms with Crippen molar-refractivity contribution in [1.29, 1.82) is 0 Å². The highest BCUT2D eigenvalue weighted by molar-refractivity contribution is 7.99. The van der Waals surface area contributed by atoms with Gasteiger partial charge >= 0.3 is 12.1 Å². The van der Waals surface area contributed by atoms with Crippen LogP contribution in [0.4, 0.5) is 13.2 Å². The number of halogens is 3. The molecule has 6 nitrogen and oxygen atoms in total. The summed E-state index contributed by atoms with van der Waals surface area (Å²) in [6.07, 6.45) is -4.57. The number of thioether (sulfide) groups is 1. The summed E-state index contributed by atoms with van der Waals surface area (Å²) in [6, 6.07) is 20.8. The minimum atomic E-state index is -4.57. The highest BCUT2D eigenvalue weighted by Gasteiger charge is 2.35. The van der Waals surface area contributed by atoms with Crippen LogP contribution in [0.15, 0.2) is 94.7 Å². The number of ether oxygens (including phenoxy) is 2. The normalized spacial score (nSPS) is 14.7. The quantitative estimate of drug-likeness (QED) is 0.284. The number of hydrogen-bond donors (Lipinski definition) is 1. The summed E-state index contributed by atoms with van der Waals surface area (Å²) in [5.41, 5.74) is -0.528. The number of carboxylic acid groups (broad SMARTS) is 1. The van der Waals surface area contributed by atoms with Crippen molar-refractivity contribution in [1.82, 2.24) is 4.57 Å². The van der Waals surface area contributed by atoms with E-state index in [0.29, 0.717) is 33.4 Å². The van der Waals surface area contributed by atoms with Crippen LogP contribution in [0.1, 0.15) is 17.2 Å². The summed E-state index contributed by atoms with van der Waals surface area (Å²) in [6.45, 7) is -0.137. The molecule has 0 saturated carbocycles. The van der Waals surface area contributed by atoms with E-state index in [1.165, 1.54) is 18.2 Å². The summed E-state index contributed by atoms with van der Waals surface area (Å²) in [5, 5.41) is 9.89. The zero-order valence-corrected chi connectivity index (χ0v) is 20.5. The Balaban J connectivity index is 1.52. The molecule has 1 aliphatic heterocycles. The SMILES string of the molecule is O=C(O)C1CSc2c(-c3cccc(C(F)(F)F)c3)c(COc3cccc(Oc4ccccc4)c3)cc(=O)n21. The van der Waals surface area contributed by atoms with Gasteiger partial charge in [-0.2, -0.15) is 13.2 Å². The second-order valence-corrected chi connectivity index (χ2v) is 9.49. The van der Waals surface area contributed by atoms with Crippen molar-refractivity contribution in [2.24, 2.45) is 0 Å². The van der Waals surface area contributed by atoms with Crippen molar-refractivity contribution < 1.29 is 32.5 Å². The third-order valence-electron chi connectivity index (χ3n) is 5.92. The van der Waals surface area contributed by atoms with Crippen molar-refractivity contribution in [2.45, 2.75) is 23.9 Å². The fraction of sp³-hybridized carbons (Fsp3) is 0.143.